The summed E-state index contributed by atoms with van der Waals surface area (Å²) >= 11 is 5.82. The number of hydrogen-bond donors (Lipinski definition) is 2. The molecule has 1 atom stereocenters. The summed E-state index contributed by atoms with van der Waals surface area (Å²) in [7, 11) is 1.70. The van der Waals surface area contributed by atoms with Gasteiger partial charge < -0.3 is 20.1 Å². The number of halogens is 4. The zero-order valence-corrected chi connectivity index (χ0v) is 21.2. The lowest BCUT2D eigenvalue weighted by Crippen LogP contribution is -2.38. The number of ether oxygens (including phenoxy) is 1. The Bertz CT molecular complexity index is 1470. The maximum Gasteiger partial charge on any atom is 0.322 e. The van der Waals surface area contributed by atoms with Crippen molar-refractivity contribution >= 4 is 34.1 Å². The van der Waals surface area contributed by atoms with Gasteiger partial charge in [-0.05, 0) is 49.1 Å². The number of nitrogens with one attached hydrogen (secondary N) is 1. The Morgan fingerprint density at radius 1 is 1.16 bits per heavy atom. The molecule has 13 heteroatoms. The molecule has 0 bridgehead atoms. The van der Waals surface area contributed by atoms with Crippen LogP contribution in [0.4, 0.5) is 23.7 Å². The van der Waals surface area contributed by atoms with E-state index in [2.05, 4.69) is 20.4 Å². The van der Waals surface area contributed by atoms with Crippen LogP contribution in [0.15, 0.2) is 42.9 Å². The van der Waals surface area contributed by atoms with Crippen LogP contribution in [0, 0.1) is 17.5 Å². The Kier molecular flexibility index (Phi) is 8.32. The number of hydrogen-bond acceptors (Lipinski definition) is 6. The Hall–Kier alpha value is -3.90. The van der Waals surface area contributed by atoms with E-state index in [-0.39, 0.29) is 53.5 Å². The van der Waals surface area contributed by atoms with Gasteiger partial charge in [-0.1, -0.05) is 11.6 Å². The van der Waals surface area contributed by atoms with Crippen LogP contribution in [0.25, 0.3) is 10.8 Å². The number of pyridine rings is 1. The predicted molar refractivity (Wildman–Crippen MR) is 134 cm³/mol. The number of aliphatic hydroxyl groups excluding tert-OH is 1. The summed E-state index contributed by atoms with van der Waals surface area (Å²) in [6.45, 7) is 1.56. The highest BCUT2D eigenvalue weighted by Crippen LogP contribution is 2.34. The normalized spacial score (nSPS) is 12.0. The molecule has 0 aliphatic carbocycles. The molecule has 0 saturated heterocycles. The maximum absolute atomic E-state index is 14.4. The number of aromatic nitrogens is 4. The number of amides is 2. The lowest BCUT2D eigenvalue weighted by atomic mass is 10.0. The second-order valence-electron chi connectivity index (χ2n) is 8.46. The van der Waals surface area contributed by atoms with Crippen LogP contribution in [-0.2, 0) is 13.7 Å². The van der Waals surface area contributed by atoms with Gasteiger partial charge in [0.25, 0.3) is 0 Å². The van der Waals surface area contributed by atoms with Crippen molar-refractivity contribution in [3.8, 4) is 5.88 Å². The maximum atomic E-state index is 14.4. The lowest BCUT2D eigenvalue weighted by Gasteiger charge is -2.30. The van der Waals surface area contributed by atoms with Crippen molar-refractivity contribution in [2.75, 3.05) is 18.5 Å². The third-order valence-electron chi connectivity index (χ3n) is 5.81. The van der Waals surface area contributed by atoms with Crippen molar-refractivity contribution in [2.24, 2.45) is 7.05 Å². The summed E-state index contributed by atoms with van der Waals surface area (Å²) in [5, 5.41) is 16.5. The van der Waals surface area contributed by atoms with Crippen LogP contribution in [0.5, 0.6) is 5.88 Å². The highest BCUT2D eigenvalue weighted by molar-refractivity contribution is 6.31. The summed E-state index contributed by atoms with van der Waals surface area (Å²) in [4.78, 5) is 23.0. The highest BCUT2D eigenvalue weighted by Gasteiger charge is 2.25. The number of aryl methyl sites for hydroxylation is 1. The van der Waals surface area contributed by atoms with Crippen LogP contribution >= 0.6 is 11.6 Å². The molecule has 0 spiro atoms. The summed E-state index contributed by atoms with van der Waals surface area (Å²) in [6, 6.07) is 4.45. The number of carbonyl (C=O) groups is 1. The van der Waals surface area contributed by atoms with Crippen molar-refractivity contribution in [1.82, 2.24) is 24.6 Å². The number of carbonyl (C=O) groups excluding carboxylic acids is 1. The smallest absolute Gasteiger partial charge is 0.322 e. The van der Waals surface area contributed by atoms with Gasteiger partial charge in [-0.2, -0.15) is 5.10 Å². The quantitative estimate of drug-likeness (QED) is 0.305. The molecule has 9 nitrogen and oxygen atoms in total. The van der Waals surface area contributed by atoms with E-state index < -0.39 is 29.5 Å². The van der Waals surface area contributed by atoms with Crippen molar-refractivity contribution in [3.63, 3.8) is 0 Å². The van der Waals surface area contributed by atoms with E-state index in [1.165, 1.54) is 34.2 Å². The molecule has 2 amide bonds. The van der Waals surface area contributed by atoms with Crippen LogP contribution < -0.4 is 10.1 Å². The Labute approximate surface area is 220 Å². The first-order valence-corrected chi connectivity index (χ1v) is 11.9. The number of benzene rings is 2. The second-order valence-corrected chi connectivity index (χ2v) is 8.87. The van der Waals surface area contributed by atoms with Crippen molar-refractivity contribution in [2.45, 2.75) is 26.0 Å². The van der Waals surface area contributed by atoms with E-state index in [1.54, 1.807) is 14.0 Å². The first-order chi connectivity index (χ1) is 18.2. The number of nitrogens with zero attached hydrogens (tertiary/aromatic N) is 5. The molecule has 4 rings (SSSR count). The predicted octanol–water partition coefficient (Wildman–Crippen LogP) is 4.99. The van der Waals surface area contributed by atoms with Crippen LogP contribution in [-0.4, -0.2) is 48.9 Å². The summed E-state index contributed by atoms with van der Waals surface area (Å²) in [5.41, 5.74) is 0.665. The van der Waals surface area contributed by atoms with Gasteiger partial charge >= 0.3 is 6.03 Å². The van der Waals surface area contributed by atoms with Crippen LogP contribution in [0.1, 0.15) is 30.8 Å². The molecule has 0 radical (unpaired) electrons. The average Bonchev–Trinajstić information content (AvgIpc) is 3.30. The van der Waals surface area contributed by atoms with Crippen LogP contribution in [0.3, 0.4) is 0 Å². The zero-order valence-electron chi connectivity index (χ0n) is 20.5. The number of urea groups is 1. The molecule has 0 aliphatic rings. The summed E-state index contributed by atoms with van der Waals surface area (Å²) in [6.07, 6.45) is 3.16. The Morgan fingerprint density at radius 2 is 1.89 bits per heavy atom. The van der Waals surface area contributed by atoms with E-state index in [1.807, 2.05) is 0 Å². The summed E-state index contributed by atoms with van der Waals surface area (Å²) in [5.74, 6) is -2.40. The third-order valence-corrected chi connectivity index (χ3v) is 6.10. The van der Waals surface area contributed by atoms with Crippen molar-refractivity contribution in [3.05, 3.63) is 76.7 Å². The van der Waals surface area contributed by atoms with Gasteiger partial charge in [0.15, 0.2) is 24.1 Å². The van der Waals surface area contributed by atoms with Crippen molar-refractivity contribution in [1.29, 1.82) is 0 Å². The molecular formula is C25H24ClF3N6O3. The molecule has 0 aliphatic heterocycles. The van der Waals surface area contributed by atoms with Gasteiger partial charge in [0, 0.05) is 43.0 Å². The topological polar surface area (TPSA) is 105 Å². The lowest BCUT2D eigenvalue weighted by molar-refractivity contribution is 0.182. The fourth-order valence-corrected chi connectivity index (χ4v) is 4.09. The number of fused-ring (bicyclic) bond motifs is 1. The molecular weight excluding hydrogens is 525 g/mol. The molecule has 38 heavy (non-hydrogen) atoms. The molecule has 2 N–H and O–H groups in total. The molecule has 2 aromatic carbocycles. The minimum Gasteiger partial charge on any atom is -0.469 e. The number of anilines is 1. The van der Waals surface area contributed by atoms with Gasteiger partial charge in [0.1, 0.15) is 12.1 Å². The first-order valence-electron chi connectivity index (χ1n) is 11.6. The minimum absolute atomic E-state index is 0.0367. The molecule has 0 unspecified atom stereocenters. The van der Waals surface area contributed by atoms with E-state index in [0.29, 0.717) is 11.4 Å². The second kappa shape index (κ2) is 11.7. The van der Waals surface area contributed by atoms with Gasteiger partial charge in [0.2, 0.25) is 5.88 Å². The standard InChI is InChI=1S/C25H24ClF3N6O3/c1-14(35(6-3-7-36)25(37)32-15-4-5-20(27)19(26)8-15)18-11-30-24(38-12-23-31-13-34(2)33-23)17-10-22(29)21(28)9-16(17)18/h4-5,8-11,13-14,36H,3,6-7,12H2,1-2H3,(H,32,37)/t14-/m1/s1. The number of aliphatic hydroxyl groups is 1. The van der Waals surface area contributed by atoms with E-state index >= 15 is 0 Å². The Morgan fingerprint density at radius 3 is 2.55 bits per heavy atom. The Balaban J connectivity index is 1.68. The molecule has 4 aromatic rings. The zero-order chi connectivity index (χ0) is 27.4. The molecule has 0 saturated carbocycles. The largest absolute Gasteiger partial charge is 0.469 e. The average molecular weight is 549 g/mol. The first kappa shape index (κ1) is 27.1. The van der Waals surface area contributed by atoms with E-state index in [9.17, 15) is 23.1 Å². The van der Waals surface area contributed by atoms with Crippen LogP contribution in [0.2, 0.25) is 5.02 Å². The van der Waals surface area contributed by atoms with E-state index in [4.69, 9.17) is 16.3 Å². The van der Waals surface area contributed by atoms with Crippen molar-refractivity contribution < 1.29 is 27.8 Å². The monoisotopic (exact) mass is 548 g/mol. The molecule has 200 valence electrons. The molecule has 2 aromatic heterocycles. The van der Waals surface area contributed by atoms with Gasteiger partial charge in [-0.15, -0.1) is 0 Å². The van der Waals surface area contributed by atoms with Gasteiger partial charge in [-0.25, -0.2) is 27.9 Å². The highest BCUT2D eigenvalue weighted by atomic mass is 35.5. The molecule has 0 fully saturated rings. The fraction of sp³-hybridized carbons (Fsp3) is 0.280. The third kappa shape index (κ3) is 5.97. The summed E-state index contributed by atoms with van der Waals surface area (Å²) < 4.78 is 49.4. The SMILES string of the molecule is C[C@H](c1cnc(OCc2ncn(C)n2)c2cc(F)c(F)cc12)N(CCCO)C(=O)Nc1ccc(F)c(Cl)c1. The van der Waals surface area contributed by atoms with Gasteiger partial charge in [0.05, 0.1) is 11.1 Å². The van der Waals surface area contributed by atoms with E-state index in [0.717, 1.165) is 18.2 Å². The molecule has 2 heterocycles. The van der Waals surface area contributed by atoms with Gasteiger partial charge in [-0.3, -0.25) is 4.68 Å². The fourth-order valence-electron chi connectivity index (χ4n) is 3.91. The number of rotatable bonds is 9. The minimum atomic E-state index is -1.09.